The van der Waals surface area contributed by atoms with Crippen molar-refractivity contribution < 1.29 is 9.84 Å². The van der Waals surface area contributed by atoms with Gasteiger partial charge in [-0.1, -0.05) is 0 Å². The lowest BCUT2D eigenvalue weighted by molar-refractivity contribution is 0.123. The molecule has 0 radical (unpaired) electrons. The van der Waals surface area contributed by atoms with E-state index in [1.807, 2.05) is 36.6 Å². The Morgan fingerprint density at radius 1 is 1.24 bits per heavy atom. The predicted molar refractivity (Wildman–Crippen MR) is 117 cm³/mol. The molecule has 152 valence electrons. The van der Waals surface area contributed by atoms with Crippen LogP contribution >= 0.6 is 11.3 Å². The van der Waals surface area contributed by atoms with Crippen molar-refractivity contribution in [1.82, 2.24) is 15.1 Å². The average Bonchev–Trinajstić information content (AvgIpc) is 3.42. The molecule has 0 amide bonds. The molecule has 2 atom stereocenters. The van der Waals surface area contributed by atoms with Crippen molar-refractivity contribution >= 4 is 27.2 Å². The molecule has 2 aliphatic rings. The number of anilines is 1. The van der Waals surface area contributed by atoms with Crippen molar-refractivity contribution in [2.45, 2.75) is 38.3 Å². The molecule has 29 heavy (non-hydrogen) atoms. The second-order valence-corrected chi connectivity index (χ2v) is 9.00. The number of nitrogens with one attached hydrogen (secondary N) is 1. The summed E-state index contributed by atoms with van der Waals surface area (Å²) in [5.41, 5.74) is 2.47. The van der Waals surface area contributed by atoms with E-state index in [2.05, 4.69) is 20.4 Å². The maximum Gasteiger partial charge on any atom is 0.149 e. The van der Waals surface area contributed by atoms with Crippen molar-refractivity contribution in [3.63, 3.8) is 0 Å². The number of likely N-dealkylation sites (tertiary alicyclic amines) is 1. The van der Waals surface area contributed by atoms with Crippen LogP contribution in [-0.2, 0) is 4.74 Å². The van der Waals surface area contributed by atoms with Gasteiger partial charge in [0, 0.05) is 40.9 Å². The number of benzene rings is 1. The van der Waals surface area contributed by atoms with Crippen LogP contribution in [0, 0.1) is 6.92 Å². The van der Waals surface area contributed by atoms with Crippen LogP contribution < -0.4 is 5.32 Å². The lowest BCUT2D eigenvalue weighted by Crippen LogP contribution is -2.47. The highest BCUT2D eigenvalue weighted by Crippen LogP contribution is 2.38. The first-order valence-electron chi connectivity index (χ1n) is 10.3. The minimum absolute atomic E-state index is 0.281. The standard InChI is InChI=1S/C22H26N4O2S/c1-14-11-20(23-15-3-2-8-26(12-15)16-6-9-28-13-16)24-25-21(14)18-4-5-19-17(22(18)27)7-10-29-19/h4-5,7,10-11,15-16,27H,2-3,6,8-9,12-13H2,1H3,(H,23,24)/t15-,16-/m1/s1. The second-order valence-electron chi connectivity index (χ2n) is 8.05. The molecule has 0 spiro atoms. The first-order chi connectivity index (χ1) is 14.2. The van der Waals surface area contributed by atoms with Crippen molar-refractivity contribution in [2.75, 3.05) is 31.6 Å². The highest BCUT2D eigenvalue weighted by molar-refractivity contribution is 7.17. The number of piperidine rings is 1. The molecular formula is C22H26N4O2S. The zero-order valence-corrected chi connectivity index (χ0v) is 17.4. The number of aromatic hydroxyl groups is 1. The second kappa shape index (κ2) is 7.89. The summed E-state index contributed by atoms with van der Waals surface area (Å²) < 4.78 is 6.64. The summed E-state index contributed by atoms with van der Waals surface area (Å²) in [5, 5.41) is 26.0. The molecule has 0 aliphatic carbocycles. The van der Waals surface area contributed by atoms with Crippen molar-refractivity contribution in [3.05, 3.63) is 35.2 Å². The maximum absolute atomic E-state index is 10.7. The number of ether oxygens (including phenoxy) is 1. The smallest absolute Gasteiger partial charge is 0.149 e. The number of nitrogens with zero attached hydrogens (tertiary/aromatic N) is 3. The van der Waals surface area contributed by atoms with Gasteiger partial charge in [-0.15, -0.1) is 21.5 Å². The lowest BCUT2D eigenvalue weighted by atomic mass is 10.0. The molecule has 6 nitrogen and oxygen atoms in total. The lowest BCUT2D eigenvalue weighted by Gasteiger charge is -2.36. The fourth-order valence-corrected chi connectivity index (χ4v) is 5.31. The third kappa shape index (κ3) is 3.70. The molecule has 2 saturated heterocycles. The minimum atomic E-state index is 0.281. The summed E-state index contributed by atoms with van der Waals surface area (Å²) in [5.74, 6) is 1.08. The molecule has 0 bridgehead atoms. The summed E-state index contributed by atoms with van der Waals surface area (Å²) in [7, 11) is 0. The Morgan fingerprint density at radius 3 is 3.00 bits per heavy atom. The molecule has 7 heteroatoms. The van der Waals surface area contributed by atoms with Crippen LogP contribution in [0.4, 0.5) is 5.82 Å². The van der Waals surface area contributed by atoms with Gasteiger partial charge in [0.15, 0.2) is 0 Å². The van der Waals surface area contributed by atoms with Crippen molar-refractivity contribution in [1.29, 1.82) is 0 Å². The zero-order valence-electron chi connectivity index (χ0n) is 16.6. The summed E-state index contributed by atoms with van der Waals surface area (Å²) in [6.45, 7) is 5.94. The Hall–Kier alpha value is -2.22. The van der Waals surface area contributed by atoms with Gasteiger partial charge >= 0.3 is 0 Å². The molecule has 2 N–H and O–H groups in total. The molecule has 1 aromatic carbocycles. The summed E-state index contributed by atoms with van der Waals surface area (Å²) >= 11 is 1.62. The highest BCUT2D eigenvalue weighted by atomic mass is 32.1. The fourth-order valence-electron chi connectivity index (χ4n) is 4.52. The average molecular weight is 411 g/mol. The number of phenols is 1. The van der Waals surface area contributed by atoms with Crippen LogP contribution in [0.5, 0.6) is 5.75 Å². The van der Waals surface area contributed by atoms with E-state index in [1.165, 1.54) is 6.42 Å². The van der Waals surface area contributed by atoms with Crippen LogP contribution in [0.15, 0.2) is 29.6 Å². The summed E-state index contributed by atoms with van der Waals surface area (Å²) in [4.78, 5) is 2.55. The first-order valence-corrected chi connectivity index (χ1v) is 11.2. The number of phenolic OH excluding ortho intramolecular Hbond substituents is 1. The Morgan fingerprint density at radius 2 is 2.17 bits per heavy atom. The van der Waals surface area contributed by atoms with Crippen LogP contribution in [0.2, 0.25) is 0 Å². The van der Waals surface area contributed by atoms with E-state index in [1.54, 1.807) is 11.3 Å². The number of fused-ring (bicyclic) bond motifs is 1. The fraction of sp³-hybridized carbons (Fsp3) is 0.455. The van der Waals surface area contributed by atoms with Gasteiger partial charge < -0.3 is 15.2 Å². The Bertz CT molecular complexity index is 1020. The number of hydrogen-bond acceptors (Lipinski definition) is 7. The molecule has 5 rings (SSSR count). The van der Waals surface area contributed by atoms with Crippen LogP contribution in [0.3, 0.4) is 0 Å². The Kier molecular flexibility index (Phi) is 5.11. The number of rotatable bonds is 4. The van der Waals surface area contributed by atoms with Crippen molar-refractivity contribution in [3.8, 4) is 17.0 Å². The predicted octanol–water partition coefficient (Wildman–Crippen LogP) is 4.04. The van der Waals surface area contributed by atoms with Crippen LogP contribution in [0.25, 0.3) is 21.3 Å². The maximum atomic E-state index is 10.7. The van der Waals surface area contributed by atoms with Crippen LogP contribution in [-0.4, -0.2) is 58.6 Å². The van der Waals surface area contributed by atoms with Gasteiger partial charge in [-0.2, -0.15) is 0 Å². The summed E-state index contributed by atoms with van der Waals surface area (Å²) in [6, 6.07) is 8.88. The Labute approximate surface area is 174 Å². The van der Waals surface area contributed by atoms with E-state index < -0.39 is 0 Å². The topological polar surface area (TPSA) is 70.5 Å². The number of hydrogen-bond donors (Lipinski definition) is 2. The van der Waals surface area contributed by atoms with Gasteiger partial charge in [0.25, 0.3) is 0 Å². The quantitative estimate of drug-likeness (QED) is 0.677. The molecule has 2 aliphatic heterocycles. The molecule has 3 aromatic rings. The minimum Gasteiger partial charge on any atom is -0.507 e. The first kappa shape index (κ1) is 18.8. The van der Waals surface area contributed by atoms with E-state index in [-0.39, 0.29) is 5.75 Å². The van der Waals surface area contributed by atoms with E-state index in [0.29, 0.717) is 12.1 Å². The molecule has 2 fully saturated rings. The van der Waals surface area contributed by atoms with Gasteiger partial charge in [-0.05, 0) is 67.9 Å². The Balaban J connectivity index is 1.33. The van der Waals surface area contributed by atoms with E-state index >= 15 is 0 Å². The van der Waals surface area contributed by atoms with Gasteiger partial charge in [-0.3, -0.25) is 4.90 Å². The molecular weight excluding hydrogens is 384 g/mol. The van der Waals surface area contributed by atoms with E-state index in [9.17, 15) is 5.11 Å². The largest absolute Gasteiger partial charge is 0.507 e. The van der Waals surface area contributed by atoms with Gasteiger partial charge in [0.05, 0.1) is 12.3 Å². The van der Waals surface area contributed by atoms with E-state index in [0.717, 1.165) is 71.9 Å². The zero-order chi connectivity index (χ0) is 19.8. The van der Waals surface area contributed by atoms with Gasteiger partial charge in [0.2, 0.25) is 0 Å². The van der Waals surface area contributed by atoms with Gasteiger partial charge in [-0.25, -0.2) is 0 Å². The van der Waals surface area contributed by atoms with E-state index in [4.69, 9.17) is 4.74 Å². The SMILES string of the molecule is Cc1cc(N[C@@H]2CCCN([C@@H]3CCOC3)C2)nnc1-c1ccc2sccc2c1O. The van der Waals surface area contributed by atoms with Gasteiger partial charge in [0.1, 0.15) is 11.6 Å². The summed E-state index contributed by atoms with van der Waals surface area (Å²) in [6.07, 6.45) is 3.47. The molecule has 4 heterocycles. The normalized spacial score (nSPS) is 22.9. The molecule has 2 aromatic heterocycles. The number of aromatic nitrogens is 2. The number of aryl methyl sites for hydroxylation is 1. The third-order valence-corrected chi connectivity index (χ3v) is 6.96. The monoisotopic (exact) mass is 410 g/mol. The number of thiophene rings is 1. The third-order valence-electron chi connectivity index (χ3n) is 6.07. The highest BCUT2D eigenvalue weighted by Gasteiger charge is 2.28. The molecule has 0 saturated carbocycles. The molecule has 0 unspecified atom stereocenters. The van der Waals surface area contributed by atoms with Crippen LogP contribution in [0.1, 0.15) is 24.8 Å². The van der Waals surface area contributed by atoms with Crippen molar-refractivity contribution in [2.24, 2.45) is 0 Å².